The van der Waals surface area contributed by atoms with Gasteiger partial charge in [0.05, 0.1) is 0 Å². The lowest BCUT2D eigenvalue weighted by molar-refractivity contribution is -0.143. The maximum atomic E-state index is 11.5. The highest BCUT2D eigenvalue weighted by Crippen LogP contribution is 2.12. The number of carboxylic acids is 1. The molecule has 2 amide bonds. The Hall–Kier alpha value is -1.59. The van der Waals surface area contributed by atoms with Crippen LogP contribution in [0.5, 0.6) is 0 Å². The molecule has 0 aliphatic rings. The zero-order valence-corrected chi connectivity index (χ0v) is 10.7. The zero-order valence-electron chi connectivity index (χ0n) is 10.7. The minimum Gasteiger partial charge on any atom is -0.480 e. The molecule has 0 aromatic heterocycles. The van der Waals surface area contributed by atoms with Crippen LogP contribution >= 0.6 is 0 Å². The molecule has 0 radical (unpaired) electrons. The Morgan fingerprint density at radius 1 is 1.24 bits per heavy atom. The minimum atomic E-state index is -1.06. The van der Waals surface area contributed by atoms with Gasteiger partial charge in [-0.2, -0.15) is 0 Å². The van der Waals surface area contributed by atoms with Crippen LogP contribution in [0, 0.1) is 5.41 Å². The predicted molar refractivity (Wildman–Crippen MR) is 62.4 cm³/mol. The Balaban J connectivity index is 3.94. The summed E-state index contributed by atoms with van der Waals surface area (Å²) in [5.41, 5.74) is -0.490. The summed E-state index contributed by atoms with van der Waals surface area (Å²) in [6.07, 6.45) is 0.103. The summed E-state index contributed by atoms with van der Waals surface area (Å²) in [4.78, 5) is 34.4. The molecule has 0 bridgehead atoms. The highest BCUT2D eigenvalue weighted by Gasteiger charge is 2.21. The van der Waals surface area contributed by atoms with E-state index in [1.165, 1.54) is 7.05 Å². The Bertz CT molecular complexity index is 307. The topological polar surface area (TPSA) is 86.7 Å². The molecule has 6 heteroatoms. The monoisotopic (exact) mass is 244 g/mol. The first kappa shape index (κ1) is 15.4. The summed E-state index contributed by atoms with van der Waals surface area (Å²) in [6, 6.07) is 0. The van der Waals surface area contributed by atoms with Crippen molar-refractivity contribution in [2.24, 2.45) is 5.41 Å². The Morgan fingerprint density at radius 2 is 1.76 bits per heavy atom. The van der Waals surface area contributed by atoms with Gasteiger partial charge in [0.2, 0.25) is 11.8 Å². The first-order valence-electron chi connectivity index (χ1n) is 5.38. The van der Waals surface area contributed by atoms with Gasteiger partial charge in [0.15, 0.2) is 0 Å². The molecule has 0 fully saturated rings. The average molecular weight is 244 g/mol. The van der Waals surface area contributed by atoms with Gasteiger partial charge in [0, 0.05) is 25.4 Å². The van der Waals surface area contributed by atoms with Crippen LogP contribution in [0.25, 0.3) is 0 Å². The molecular weight excluding hydrogens is 224 g/mol. The average Bonchev–Trinajstić information content (AvgIpc) is 2.14. The molecule has 0 aromatic carbocycles. The molecule has 6 nitrogen and oxygen atoms in total. The fourth-order valence-electron chi connectivity index (χ4n) is 1.03. The summed E-state index contributed by atoms with van der Waals surface area (Å²) in [5, 5.41) is 11.1. The zero-order chi connectivity index (χ0) is 13.6. The summed E-state index contributed by atoms with van der Waals surface area (Å²) in [7, 11) is 1.42. The van der Waals surface area contributed by atoms with Crippen molar-refractivity contribution in [3.05, 3.63) is 0 Å². The first-order chi connectivity index (χ1) is 7.64. The Kier molecular flexibility index (Phi) is 5.64. The SMILES string of the molecule is CN(CC(=O)O)C(=O)CCNC(=O)C(C)(C)C. The maximum absolute atomic E-state index is 11.5. The van der Waals surface area contributed by atoms with E-state index in [0.29, 0.717) is 0 Å². The molecular formula is C11H20N2O4. The molecule has 0 aliphatic carbocycles. The van der Waals surface area contributed by atoms with Gasteiger partial charge in [-0.25, -0.2) is 0 Å². The number of rotatable bonds is 5. The fourth-order valence-corrected chi connectivity index (χ4v) is 1.03. The van der Waals surface area contributed by atoms with Crippen LogP contribution in [0.15, 0.2) is 0 Å². The molecule has 0 aromatic rings. The van der Waals surface area contributed by atoms with Gasteiger partial charge in [-0.15, -0.1) is 0 Å². The van der Waals surface area contributed by atoms with Crippen molar-refractivity contribution < 1.29 is 19.5 Å². The fraction of sp³-hybridized carbons (Fsp3) is 0.727. The number of likely N-dealkylation sites (N-methyl/N-ethyl adjacent to an activating group) is 1. The van der Waals surface area contributed by atoms with Crippen molar-refractivity contribution in [2.75, 3.05) is 20.1 Å². The Morgan fingerprint density at radius 3 is 2.18 bits per heavy atom. The van der Waals surface area contributed by atoms with Crippen LogP contribution in [0.4, 0.5) is 0 Å². The third-order valence-corrected chi connectivity index (χ3v) is 2.10. The lowest BCUT2D eigenvalue weighted by atomic mass is 9.96. The summed E-state index contributed by atoms with van der Waals surface area (Å²) in [6.45, 7) is 5.23. The largest absolute Gasteiger partial charge is 0.480 e. The summed E-state index contributed by atoms with van der Waals surface area (Å²) in [5.74, 6) is -1.49. The standard InChI is InChI=1S/C11H20N2O4/c1-11(2,3)10(17)12-6-5-8(14)13(4)7-9(15)16/h5-7H2,1-4H3,(H,12,17)(H,15,16). The van der Waals surface area contributed by atoms with E-state index in [0.717, 1.165) is 4.90 Å². The molecule has 0 aliphatic heterocycles. The van der Waals surface area contributed by atoms with E-state index in [1.54, 1.807) is 20.8 Å². The van der Waals surface area contributed by atoms with Crippen molar-refractivity contribution in [2.45, 2.75) is 27.2 Å². The number of nitrogens with one attached hydrogen (secondary N) is 1. The molecule has 17 heavy (non-hydrogen) atoms. The number of hydrogen-bond acceptors (Lipinski definition) is 3. The number of aliphatic carboxylic acids is 1. The molecule has 98 valence electrons. The molecule has 0 unspecified atom stereocenters. The van der Waals surface area contributed by atoms with Gasteiger partial charge in [-0.1, -0.05) is 20.8 Å². The van der Waals surface area contributed by atoms with Crippen molar-refractivity contribution in [1.82, 2.24) is 10.2 Å². The van der Waals surface area contributed by atoms with Crippen LogP contribution in [0.2, 0.25) is 0 Å². The van der Waals surface area contributed by atoms with Crippen molar-refractivity contribution in [3.8, 4) is 0 Å². The van der Waals surface area contributed by atoms with Crippen LogP contribution in [-0.2, 0) is 14.4 Å². The highest BCUT2D eigenvalue weighted by atomic mass is 16.4. The van der Waals surface area contributed by atoms with Gasteiger partial charge in [-0.3, -0.25) is 14.4 Å². The third kappa shape index (κ3) is 6.55. The van der Waals surface area contributed by atoms with E-state index in [2.05, 4.69) is 5.32 Å². The minimum absolute atomic E-state index is 0.103. The number of carboxylic acid groups (broad SMARTS) is 1. The molecule has 0 heterocycles. The van der Waals surface area contributed by atoms with E-state index in [4.69, 9.17) is 5.11 Å². The molecule has 2 N–H and O–H groups in total. The highest BCUT2D eigenvalue weighted by molar-refractivity contribution is 5.83. The van der Waals surface area contributed by atoms with Crippen LogP contribution < -0.4 is 5.32 Å². The number of hydrogen-bond donors (Lipinski definition) is 2. The molecule has 0 atom stereocenters. The van der Waals surface area contributed by atoms with Crippen LogP contribution in [0.1, 0.15) is 27.2 Å². The second-order valence-corrected chi connectivity index (χ2v) is 4.90. The summed E-state index contributed by atoms with van der Waals surface area (Å²) < 4.78 is 0. The van der Waals surface area contributed by atoms with Crippen molar-refractivity contribution in [1.29, 1.82) is 0 Å². The van der Waals surface area contributed by atoms with Crippen LogP contribution in [0.3, 0.4) is 0 Å². The molecule has 0 spiro atoms. The van der Waals surface area contributed by atoms with E-state index < -0.39 is 11.4 Å². The maximum Gasteiger partial charge on any atom is 0.323 e. The normalized spacial score (nSPS) is 10.8. The van der Waals surface area contributed by atoms with Crippen molar-refractivity contribution in [3.63, 3.8) is 0 Å². The van der Waals surface area contributed by atoms with E-state index >= 15 is 0 Å². The number of amides is 2. The van der Waals surface area contributed by atoms with Crippen LogP contribution in [-0.4, -0.2) is 47.9 Å². The number of nitrogens with zero attached hydrogens (tertiary/aromatic N) is 1. The van der Waals surface area contributed by atoms with Gasteiger partial charge < -0.3 is 15.3 Å². The van der Waals surface area contributed by atoms with Gasteiger partial charge >= 0.3 is 5.97 Å². The third-order valence-electron chi connectivity index (χ3n) is 2.10. The smallest absolute Gasteiger partial charge is 0.323 e. The van der Waals surface area contributed by atoms with E-state index in [-0.39, 0.29) is 31.3 Å². The lowest BCUT2D eigenvalue weighted by Crippen LogP contribution is -2.38. The number of carbonyl (C=O) groups is 3. The van der Waals surface area contributed by atoms with Gasteiger partial charge in [0.25, 0.3) is 0 Å². The predicted octanol–water partition coefficient (Wildman–Crippen LogP) is 0.0818. The van der Waals surface area contributed by atoms with E-state index in [1.807, 2.05) is 0 Å². The molecule has 0 rings (SSSR count). The molecule has 0 saturated carbocycles. The lowest BCUT2D eigenvalue weighted by Gasteiger charge is -2.18. The second kappa shape index (κ2) is 6.22. The Labute approximate surface area is 101 Å². The quantitative estimate of drug-likeness (QED) is 0.717. The van der Waals surface area contributed by atoms with Gasteiger partial charge in [0.1, 0.15) is 6.54 Å². The summed E-state index contributed by atoms with van der Waals surface area (Å²) >= 11 is 0. The van der Waals surface area contributed by atoms with E-state index in [9.17, 15) is 14.4 Å². The van der Waals surface area contributed by atoms with Crippen molar-refractivity contribution >= 4 is 17.8 Å². The van der Waals surface area contributed by atoms with Gasteiger partial charge in [-0.05, 0) is 0 Å². The second-order valence-electron chi connectivity index (χ2n) is 4.90. The molecule has 0 saturated heterocycles. The number of carbonyl (C=O) groups excluding carboxylic acids is 2. The first-order valence-corrected chi connectivity index (χ1v) is 5.38.